The van der Waals surface area contributed by atoms with Crippen molar-refractivity contribution in [2.45, 2.75) is 12.5 Å². The van der Waals surface area contributed by atoms with Crippen LogP contribution >= 0.6 is 0 Å². The third-order valence-corrected chi connectivity index (χ3v) is 4.35. The van der Waals surface area contributed by atoms with Gasteiger partial charge in [0.25, 0.3) is 17.7 Å². The summed E-state index contributed by atoms with van der Waals surface area (Å²) in [4.78, 5) is 49.6. The van der Waals surface area contributed by atoms with Gasteiger partial charge in [0, 0.05) is 5.56 Å². The SMILES string of the molecule is C[C@]1(c2ccccc2)NC(=O)N(CC(=O)NNC(=O)c2ccc(F)cc2)C1=O. The minimum absolute atomic E-state index is 0.133. The number of amides is 5. The van der Waals surface area contributed by atoms with E-state index in [1.807, 2.05) is 0 Å². The van der Waals surface area contributed by atoms with Crippen LogP contribution in [-0.2, 0) is 15.1 Å². The molecule has 1 heterocycles. The number of nitrogens with one attached hydrogen (secondary N) is 3. The van der Waals surface area contributed by atoms with Crippen LogP contribution in [0.3, 0.4) is 0 Å². The summed E-state index contributed by atoms with van der Waals surface area (Å²) in [6.07, 6.45) is 0. The Kier molecular flexibility index (Phi) is 5.08. The Balaban J connectivity index is 1.61. The lowest BCUT2D eigenvalue weighted by atomic mass is 9.92. The van der Waals surface area contributed by atoms with E-state index in [1.165, 1.54) is 12.1 Å². The molecule has 8 nitrogen and oxygen atoms in total. The summed E-state index contributed by atoms with van der Waals surface area (Å²) in [7, 11) is 0. The Labute approximate surface area is 159 Å². The second kappa shape index (κ2) is 7.47. The minimum Gasteiger partial charge on any atom is -0.319 e. The number of nitrogens with zero attached hydrogens (tertiary/aromatic N) is 1. The summed E-state index contributed by atoms with van der Waals surface area (Å²) in [6.45, 7) is 0.980. The van der Waals surface area contributed by atoms with Crippen LogP contribution < -0.4 is 16.2 Å². The molecule has 0 spiro atoms. The molecular formula is C19H17FN4O4. The Morgan fingerprint density at radius 3 is 2.32 bits per heavy atom. The van der Waals surface area contributed by atoms with Crippen molar-refractivity contribution >= 4 is 23.8 Å². The predicted molar refractivity (Wildman–Crippen MR) is 96.0 cm³/mol. The first-order chi connectivity index (χ1) is 13.3. The number of carbonyl (C=O) groups excluding carboxylic acids is 4. The van der Waals surface area contributed by atoms with Crippen LogP contribution in [0.1, 0.15) is 22.8 Å². The molecule has 0 aliphatic carbocycles. The van der Waals surface area contributed by atoms with Crippen molar-refractivity contribution in [2.24, 2.45) is 0 Å². The monoisotopic (exact) mass is 384 g/mol. The highest BCUT2D eigenvalue weighted by Gasteiger charge is 2.49. The number of imide groups is 1. The number of rotatable bonds is 4. The molecule has 0 aromatic heterocycles. The molecule has 2 aromatic rings. The van der Waals surface area contributed by atoms with Gasteiger partial charge in [-0.3, -0.25) is 30.1 Å². The van der Waals surface area contributed by atoms with E-state index in [9.17, 15) is 23.6 Å². The fourth-order valence-corrected chi connectivity index (χ4v) is 2.79. The molecule has 1 saturated heterocycles. The van der Waals surface area contributed by atoms with Gasteiger partial charge in [-0.2, -0.15) is 0 Å². The molecule has 0 radical (unpaired) electrons. The molecule has 3 rings (SSSR count). The van der Waals surface area contributed by atoms with Gasteiger partial charge >= 0.3 is 6.03 Å². The quantitative estimate of drug-likeness (QED) is 0.541. The topological polar surface area (TPSA) is 108 Å². The van der Waals surface area contributed by atoms with Gasteiger partial charge in [0.05, 0.1) is 0 Å². The Hall–Kier alpha value is -3.75. The molecule has 1 aliphatic heterocycles. The van der Waals surface area contributed by atoms with Gasteiger partial charge < -0.3 is 5.32 Å². The van der Waals surface area contributed by atoms with E-state index in [0.29, 0.717) is 5.56 Å². The fourth-order valence-electron chi connectivity index (χ4n) is 2.79. The van der Waals surface area contributed by atoms with E-state index >= 15 is 0 Å². The molecule has 0 bridgehead atoms. The van der Waals surface area contributed by atoms with Gasteiger partial charge in [-0.05, 0) is 36.8 Å². The number of carbonyl (C=O) groups is 4. The summed E-state index contributed by atoms with van der Waals surface area (Å²) < 4.78 is 12.9. The highest BCUT2D eigenvalue weighted by Crippen LogP contribution is 2.28. The second-order valence-electron chi connectivity index (χ2n) is 6.32. The molecule has 0 saturated carbocycles. The molecule has 1 atom stereocenters. The molecule has 1 aliphatic rings. The van der Waals surface area contributed by atoms with Crippen molar-refractivity contribution < 1.29 is 23.6 Å². The normalized spacial score (nSPS) is 18.6. The second-order valence-corrected chi connectivity index (χ2v) is 6.32. The van der Waals surface area contributed by atoms with E-state index in [-0.39, 0.29) is 5.56 Å². The van der Waals surface area contributed by atoms with Crippen LogP contribution in [0.25, 0.3) is 0 Å². The Morgan fingerprint density at radius 2 is 1.68 bits per heavy atom. The summed E-state index contributed by atoms with van der Waals surface area (Å²) >= 11 is 0. The average Bonchev–Trinajstić information content (AvgIpc) is 2.91. The van der Waals surface area contributed by atoms with Gasteiger partial charge in [-0.25, -0.2) is 9.18 Å². The third-order valence-electron chi connectivity index (χ3n) is 4.35. The standard InChI is InChI=1S/C19H17FN4O4/c1-19(13-5-3-2-4-6-13)17(27)24(18(28)21-19)11-15(25)22-23-16(26)12-7-9-14(20)10-8-12/h2-10H,11H2,1H3,(H,21,28)(H,22,25)(H,23,26)/t19-/m1/s1. The Bertz CT molecular complexity index is 933. The number of hydrogen-bond acceptors (Lipinski definition) is 4. The highest BCUT2D eigenvalue weighted by molar-refractivity contribution is 6.09. The van der Waals surface area contributed by atoms with Gasteiger partial charge in [-0.1, -0.05) is 30.3 Å². The maximum absolute atomic E-state index is 12.9. The van der Waals surface area contributed by atoms with Crippen LogP contribution in [0.2, 0.25) is 0 Å². The maximum Gasteiger partial charge on any atom is 0.325 e. The molecule has 5 amide bonds. The zero-order valence-corrected chi connectivity index (χ0v) is 14.9. The molecule has 2 aromatic carbocycles. The van der Waals surface area contributed by atoms with Crippen molar-refractivity contribution in [1.29, 1.82) is 0 Å². The van der Waals surface area contributed by atoms with Crippen LogP contribution in [-0.4, -0.2) is 35.2 Å². The van der Waals surface area contributed by atoms with Gasteiger partial charge in [-0.15, -0.1) is 0 Å². The summed E-state index contributed by atoms with van der Waals surface area (Å²) in [5.74, 6) is -2.51. The lowest BCUT2D eigenvalue weighted by molar-refractivity contribution is -0.135. The molecule has 0 unspecified atom stereocenters. The first-order valence-electron chi connectivity index (χ1n) is 8.35. The number of urea groups is 1. The van der Waals surface area contributed by atoms with Crippen molar-refractivity contribution in [3.63, 3.8) is 0 Å². The molecular weight excluding hydrogens is 367 g/mol. The van der Waals surface area contributed by atoms with E-state index in [4.69, 9.17) is 0 Å². The first kappa shape index (κ1) is 19.0. The molecule has 3 N–H and O–H groups in total. The number of benzene rings is 2. The molecule has 144 valence electrons. The van der Waals surface area contributed by atoms with E-state index < -0.39 is 41.7 Å². The molecule has 28 heavy (non-hydrogen) atoms. The first-order valence-corrected chi connectivity index (χ1v) is 8.35. The smallest absolute Gasteiger partial charge is 0.319 e. The zero-order valence-electron chi connectivity index (χ0n) is 14.9. The highest BCUT2D eigenvalue weighted by atomic mass is 19.1. The van der Waals surface area contributed by atoms with Crippen molar-refractivity contribution in [3.8, 4) is 0 Å². The number of hydrazine groups is 1. The Morgan fingerprint density at radius 1 is 1.04 bits per heavy atom. The van der Waals surface area contributed by atoms with Gasteiger partial charge in [0.15, 0.2) is 0 Å². The lowest BCUT2D eigenvalue weighted by Crippen LogP contribution is -2.48. The van der Waals surface area contributed by atoms with Crippen LogP contribution in [0.4, 0.5) is 9.18 Å². The molecule has 1 fully saturated rings. The fraction of sp³-hybridized carbons (Fsp3) is 0.158. The maximum atomic E-state index is 12.9. The predicted octanol–water partition coefficient (Wildman–Crippen LogP) is 1.05. The van der Waals surface area contributed by atoms with Gasteiger partial charge in [0.1, 0.15) is 17.9 Å². The van der Waals surface area contributed by atoms with E-state index in [1.54, 1.807) is 37.3 Å². The largest absolute Gasteiger partial charge is 0.325 e. The van der Waals surface area contributed by atoms with Crippen molar-refractivity contribution in [2.75, 3.05) is 6.54 Å². The van der Waals surface area contributed by atoms with Crippen LogP contribution in [0, 0.1) is 5.82 Å². The van der Waals surface area contributed by atoms with Crippen LogP contribution in [0.5, 0.6) is 0 Å². The average molecular weight is 384 g/mol. The molecule has 9 heteroatoms. The summed E-state index contributed by atoms with van der Waals surface area (Å²) in [5, 5.41) is 2.58. The number of halogens is 1. The van der Waals surface area contributed by atoms with Crippen molar-refractivity contribution in [3.05, 3.63) is 71.5 Å². The summed E-state index contributed by atoms with van der Waals surface area (Å²) in [6, 6.07) is 12.7. The number of hydrogen-bond donors (Lipinski definition) is 3. The van der Waals surface area contributed by atoms with Crippen molar-refractivity contribution in [1.82, 2.24) is 21.1 Å². The van der Waals surface area contributed by atoms with E-state index in [0.717, 1.165) is 17.0 Å². The summed E-state index contributed by atoms with van der Waals surface area (Å²) in [5.41, 5.74) is 3.70. The lowest BCUT2D eigenvalue weighted by Gasteiger charge is -2.22. The zero-order chi connectivity index (χ0) is 20.3. The third kappa shape index (κ3) is 3.68. The van der Waals surface area contributed by atoms with E-state index in [2.05, 4.69) is 16.2 Å². The minimum atomic E-state index is -1.28. The van der Waals surface area contributed by atoms with Crippen LogP contribution in [0.15, 0.2) is 54.6 Å². The van der Waals surface area contributed by atoms with Gasteiger partial charge in [0.2, 0.25) is 0 Å².